The summed E-state index contributed by atoms with van der Waals surface area (Å²) >= 11 is 0. The summed E-state index contributed by atoms with van der Waals surface area (Å²) in [5.41, 5.74) is 0.665. The van der Waals surface area contributed by atoms with E-state index in [2.05, 4.69) is 20.3 Å². The Hall–Kier alpha value is -1.78. The van der Waals surface area contributed by atoms with Crippen LogP contribution in [0.5, 0.6) is 0 Å². The number of amidine groups is 1. The highest BCUT2D eigenvalue weighted by molar-refractivity contribution is 6.11. The lowest BCUT2D eigenvalue weighted by Crippen LogP contribution is -2.26. The van der Waals surface area contributed by atoms with Crippen molar-refractivity contribution >= 4 is 11.7 Å². The van der Waals surface area contributed by atoms with Crippen LogP contribution in [0.3, 0.4) is 0 Å². The number of aromatic nitrogens is 2. The van der Waals surface area contributed by atoms with Gasteiger partial charge in [-0.05, 0) is 13.0 Å². The van der Waals surface area contributed by atoms with Gasteiger partial charge in [-0.25, -0.2) is 9.97 Å². The van der Waals surface area contributed by atoms with Gasteiger partial charge in [-0.3, -0.25) is 9.79 Å². The second-order valence-electron chi connectivity index (χ2n) is 2.70. The number of aliphatic imine (C=N–C) groups is 1. The zero-order valence-electron chi connectivity index (χ0n) is 7.11. The summed E-state index contributed by atoms with van der Waals surface area (Å²) in [6.07, 6.45) is 1.64. The predicted octanol–water partition coefficient (Wildman–Crippen LogP) is -0.339. The van der Waals surface area contributed by atoms with Crippen molar-refractivity contribution in [3.05, 3.63) is 23.8 Å². The number of nitrogens with one attached hydrogen (secondary N) is 1. The third-order valence-electron chi connectivity index (χ3n) is 1.66. The quantitative estimate of drug-likeness (QED) is 0.636. The van der Waals surface area contributed by atoms with E-state index in [1.54, 1.807) is 19.2 Å². The van der Waals surface area contributed by atoms with Gasteiger partial charge in [-0.15, -0.1) is 0 Å². The smallest absolute Gasteiger partial charge is 0.247 e. The molecule has 0 bridgehead atoms. The molecule has 13 heavy (non-hydrogen) atoms. The van der Waals surface area contributed by atoms with Gasteiger partial charge >= 0.3 is 0 Å². The van der Waals surface area contributed by atoms with E-state index in [4.69, 9.17) is 0 Å². The largest absolute Gasteiger partial charge is 0.308 e. The van der Waals surface area contributed by atoms with Gasteiger partial charge in [0.2, 0.25) is 5.91 Å². The van der Waals surface area contributed by atoms with E-state index in [9.17, 15) is 4.79 Å². The van der Waals surface area contributed by atoms with Crippen LogP contribution in [0.15, 0.2) is 17.3 Å². The molecule has 0 fully saturated rings. The molecule has 0 atom stereocenters. The van der Waals surface area contributed by atoms with Crippen molar-refractivity contribution in [1.82, 2.24) is 15.3 Å². The minimum Gasteiger partial charge on any atom is -0.308 e. The standard InChI is InChI=1S/C8H8N4O/c1-5-9-3-2-6(11-5)8-10-4-7(13)12-8/h2-3H,4H2,1H3,(H,10,12,13). The lowest BCUT2D eigenvalue weighted by molar-refractivity contribution is -0.117. The van der Waals surface area contributed by atoms with Crippen LogP contribution in [-0.2, 0) is 4.79 Å². The molecule has 1 aromatic heterocycles. The molecular weight excluding hydrogens is 168 g/mol. The Morgan fingerprint density at radius 1 is 1.54 bits per heavy atom. The molecule has 0 saturated carbocycles. The predicted molar refractivity (Wildman–Crippen MR) is 46.3 cm³/mol. The third kappa shape index (κ3) is 1.53. The zero-order valence-corrected chi connectivity index (χ0v) is 7.11. The molecular formula is C8H8N4O. The van der Waals surface area contributed by atoms with Crippen LogP contribution in [0.1, 0.15) is 11.5 Å². The fourth-order valence-corrected chi connectivity index (χ4v) is 1.10. The number of carbonyl (C=O) groups is 1. The number of nitrogens with zero attached hydrogens (tertiary/aromatic N) is 3. The molecule has 1 amide bonds. The normalized spacial score (nSPS) is 15.5. The monoisotopic (exact) mass is 176 g/mol. The van der Waals surface area contributed by atoms with Crippen LogP contribution < -0.4 is 5.32 Å². The average Bonchev–Trinajstić information content (AvgIpc) is 2.52. The molecule has 66 valence electrons. The zero-order chi connectivity index (χ0) is 9.26. The van der Waals surface area contributed by atoms with Crippen molar-refractivity contribution in [2.45, 2.75) is 6.92 Å². The van der Waals surface area contributed by atoms with Crippen LogP contribution in [0.2, 0.25) is 0 Å². The summed E-state index contributed by atoms with van der Waals surface area (Å²) < 4.78 is 0. The maximum absolute atomic E-state index is 10.8. The van der Waals surface area contributed by atoms with Gasteiger partial charge in [0.25, 0.3) is 0 Å². The van der Waals surface area contributed by atoms with Crippen molar-refractivity contribution in [2.75, 3.05) is 6.54 Å². The summed E-state index contributed by atoms with van der Waals surface area (Å²) in [6, 6.07) is 1.72. The SMILES string of the molecule is Cc1nccc(C2=NCC(=O)N2)n1. The molecule has 2 rings (SSSR count). The molecule has 1 N–H and O–H groups in total. The number of aryl methyl sites for hydroxylation is 1. The first-order chi connectivity index (χ1) is 6.25. The number of carbonyl (C=O) groups excluding carboxylic acids is 1. The van der Waals surface area contributed by atoms with Gasteiger partial charge in [0.1, 0.15) is 18.1 Å². The maximum atomic E-state index is 10.8. The molecule has 2 heterocycles. The van der Waals surface area contributed by atoms with Crippen molar-refractivity contribution in [3.63, 3.8) is 0 Å². The minimum atomic E-state index is -0.0914. The second kappa shape index (κ2) is 2.93. The van der Waals surface area contributed by atoms with E-state index in [1.807, 2.05) is 0 Å². The lowest BCUT2D eigenvalue weighted by Gasteiger charge is -1.99. The number of hydrogen-bond acceptors (Lipinski definition) is 4. The van der Waals surface area contributed by atoms with E-state index in [-0.39, 0.29) is 12.5 Å². The Morgan fingerprint density at radius 2 is 2.38 bits per heavy atom. The average molecular weight is 176 g/mol. The van der Waals surface area contributed by atoms with E-state index >= 15 is 0 Å². The summed E-state index contributed by atoms with van der Waals surface area (Å²) in [5.74, 6) is 1.11. The van der Waals surface area contributed by atoms with Gasteiger partial charge in [-0.1, -0.05) is 0 Å². The molecule has 0 saturated heterocycles. The Morgan fingerprint density at radius 3 is 3.00 bits per heavy atom. The minimum absolute atomic E-state index is 0.0914. The first kappa shape index (κ1) is 7.85. The molecule has 0 spiro atoms. The first-order valence-corrected chi connectivity index (χ1v) is 3.90. The van der Waals surface area contributed by atoms with E-state index in [1.165, 1.54) is 0 Å². The third-order valence-corrected chi connectivity index (χ3v) is 1.66. The fraction of sp³-hybridized carbons (Fsp3) is 0.250. The molecule has 1 aliphatic heterocycles. The topological polar surface area (TPSA) is 67.2 Å². The van der Waals surface area contributed by atoms with Crippen molar-refractivity contribution in [3.8, 4) is 0 Å². The van der Waals surface area contributed by atoms with Gasteiger partial charge in [-0.2, -0.15) is 0 Å². The van der Waals surface area contributed by atoms with Gasteiger partial charge in [0, 0.05) is 6.20 Å². The maximum Gasteiger partial charge on any atom is 0.247 e. The van der Waals surface area contributed by atoms with Crippen molar-refractivity contribution in [2.24, 2.45) is 4.99 Å². The lowest BCUT2D eigenvalue weighted by atomic mass is 10.3. The van der Waals surface area contributed by atoms with Crippen molar-refractivity contribution in [1.29, 1.82) is 0 Å². The van der Waals surface area contributed by atoms with E-state index in [0.29, 0.717) is 17.4 Å². The highest BCUT2D eigenvalue weighted by Crippen LogP contribution is 1.99. The second-order valence-corrected chi connectivity index (χ2v) is 2.70. The Labute approximate surface area is 74.9 Å². The summed E-state index contributed by atoms with van der Waals surface area (Å²) in [7, 11) is 0. The molecule has 0 unspecified atom stereocenters. The summed E-state index contributed by atoms with van der Waals surface area (Å²) in [6.45, 7) is 1.99. The highest BCUT2D eigenvalue weighted by Gasteiger charge is 2.15. The summed E-state index contributed by atoms with van der Waals surface area (Å²) in [4.78, 5) is 22.9. The molecule has 0 aromatic carbocycles. The molecule has 0 aliphatic carbocycles. The van der Waals surface area contributed by atoms with Crippen LogP contribution >= 0.6 is 0 Å². The highest BCUT2D eigenvalue weighted by atomic mass is 16.2. The van der Waals surface area contributed by atoms with Crippen LogP contribution in [0.4, 0.5) is 0 Å². The molecule has 1 aliphatic rings. The van der Waals surface area contributed by atoms with Crippen LogP contribution in [0.25, 0.3) is 0 Å². The Balaban J connectivity index is 2.31. The van der Waals surface area contributed by atoms with Crippen LogP contribution in [0, 0.1) is 6.92 Å². The number of amides is 1. The van der Waals surface area contributed by atoms with Gasteiger partial charge in [0.05, 0.1) is 0 Å². The van der Waals surface area contributed by atoms with Crippen LogP contribution in [-0.4, -0.2) is 28.3 Å². The molecule has 1 aromatic rings. The molecule has 5 nitrogen and oxygen atoms in total. The number of hydrogen-bond donors (Lipinski definition) is 1. The number of rotatable bonds is 1. The van der Waals surface area contributed by atoms with E-state index in [0.717, 1.165) is 0 Å². The van der Waals surface area contributed by atoms with E-state index < -0.39 is 0 Å². The van der Waals surface area contributed by atoms with Crippen molar-refractivity contribution < 1.29 is 4.79 Å². The van der Waals surface area contributed by atoms with Gasteiger partial charge < -0.3 is 5.32 Å². The molecule has 0 radical (unpaired) electrons. The Bertz CT molecular complexity index is 385. The fourth-order valence-electron chi connectivity index (χ4n) is 1.10. The Kier molecular flexibility index (Phi) is 1.77. The van der Waals surface area contributed by atoms with Gasteiger partial charge in [0.15, 0.2) is 5.84 Å². The first-order valence-electron chi connectivity index (χ1n) is 3.90. The molecule has 5 heteroatoms. The summed E-state index contributed by atoms with van der Waals surface area (Å²) in [5, 5.41) is 2.62.